The Bertz CT molecular complexity index is 1600. The zero-order valence-electron chi connectivity index (χ0n) is 39.4. The van der Waals surface area contributed by atoms with Crippen LogP contribution in [0.2, 0.25) is 0 Å². The second kappa shape index (κ2) is 19.1. The lowest BCUT2D eigenvalue weighted by Crippen LogP contribution is -2.60. The fraction of sp³-hybridized carbons (Fsp3) is 0.958. The molecule has 0 aromatic carbocycles. The highest BCUT2D eigenvalue weighted by Gasteiger charge is 2.67. The summed E-state index contributed by atoms with van der Waals surface area (Å²) in [5, 5.41) is 106. The summed E-state index contributed by atoms with van der Waals surface area (Å²) in [4.78, 5) is 0. The maximum absolute atomic E-state index is 11.7. The number of fused-ring (bicyclic) bond motifs is 5. The van der Waals surface area contributed by atoms with E-state index in [0.29, 0.717) is 24.2 Å². The van der Waals surface area contributed by atoms with Gasteiger partial charge < -0.3 is 79.5 Å². The third kappa shape index (κ3) is 9.17. The van der Waals surface area contributed by atoms with Crippen molar-refractivity contribution in [1.29, 1.82) is 0 Å². The molecule has 4 aliphatic carbocycles. The molecule has 0 spiro atoms. The van der Waals surface area contributed by atoms with Crippen LogP contribution in [-0.4, -0.2) is 169 Å². The topological polar surface area (TPSA) is 258 Å². The van der Waals surface area contributed by atoms with Crippen LogP contribution in [0.3, 0.4) is 0 Å². The molecule has 16 nitrogen and oxygen atoms in total. The predicted molar refractivity (Wildman–Crippen MR) is 231 cm³/mol. The van der Waals surface area contributed by atoms with Crippen molar-refractivity contribution in [1.82, 2.24) is 0 Å². The fourth-order valence-electron chi connectivity index (χ4n) is 14.0. The van der Waals surface area contributed by atoms with Gasteiger partial charge in [-0.25, -0.2) is 0 Å². The molecule has 3 saturated heterocycles. The lowest BCUT2D eigenvalue weighted by Gasteiger charge is -2.66. The Hall–Kier alpha value is -0.900. The van der Waals surface area contributed by atoms with Crippen LogP contribution >= 0.6 is 0 Å². The summed E-state index contributed by atoms with van der Waals surface area (Å²) in [7, 11) is 0. The zero-order valence-corrected chi connectivity index (χ0v) is 39.4. The highest BCUT2D eigenvalue weighted by molar-refractivity contribution is 5.30. The normalized spacial score (nSPS) is 49.3. The van der Waals surface area contributed by atoms with Crippen LogP contribution < -0.4 is 0 Å². The van der Waals surface area contributed by atoms with Gasteiger partial charge in [0, 0.05) is 18.3 Å². The van der Waals surface area contributed by atoms with Gasteiger partial charge in [-0.15, -0.1) is 0 Å². The fourth-order valence-corrected chi connectivity index (χ4v) is 14.0. The van der Waals surface area contributed by atoms with Gasteiger partial charge in [0.15, 0.2) is 18.9 Å². The number of aliphatic hydroxyl groups excluding tert-OH is 9. The maximum Gasteiger partial charge on any atom is 0.187 e. The predicted octanol–water partition coefficient (Wildman–Crippen LogP) is 2.03. The van der Waals surface area contributed by atoms with Crippen LogP contribution in [0.5, 0.6) is 0 Å². The van der Waals surface area contributed by atoms with Crippen molar-refractivity contribution in [3.05, 3.63) is 11.6 Å². The molecule has 64 heavy (non-hydrogen) atoms. The van der Waals surface area contributed by atoms with E-state index in [0.717, 1.165) is 51.4 Å². The van der Waals surface area contributed by atoms with Crippen LogP contribution in [-0.2, 0) is 28.4 Å². The molecule has 16 heteroatoms. The van der Waals surface area contributed by atoms with Crippen LogP contribution in [0.1, 0.15) is 126 Å². The number of allylic oxidation sites excluding steroid dienone is 1. The van der Waals surface area contributed by atoms with Crippen molar-refractivity contribution in [2.24, 2.45) is 45.3 Å². The van der Waals surface area contributed by atoms with Gasteiger partial charge in [0.2, 0.25) is 0 Å². The summed E-state index contributed by atoms with van der Waals surface area (Å²) in [5.41, 5.74) is 0.248. The first kappa shape index (κ1) is 51.0. The molecule has 7 aliphatic rings. The van der Waals surface area contributed by atoms with E-state index in [-0.39, 0.29) is 53.1 Å². The molecule has 0 amide bonds. The minimum absolute atomic E-state index is 0.0293. The maximum atomic E-state index is 11.7. The first-order valence-electron chi connectivity index (χ1n) is 24.2. The van der Waals surface area contributed by atoms with E-state index in [1.807, 2.05) is 0 Å². The Morgan fingerprint density at radius 2 is 1.42 bits per heavy atom. The molecule has 6 unspecified atom stereocenters. The smallest absolute Gasteiger partial charge is 0.187 e. The number of ether oxygens (including phenoxy) is 6. The van der Waals surface area contributed by atoms with Crippen LogP contribution in [0.4, 0.5) is 0 Å². The summed E-state index contributed by atoms with van der Waals surface area (Å²) in [6.07, 6.45) is -7.71. The summed E-state index contributed by atoms with van der Waals surface area (Å²) < 4.78 is 36.3. The third-order valence-corrected chi connectivity index (χ3v) is 18.3. The van der Waals surface area contributed by atoms with E-state index in [1.54, 1.807) is 13.8 Å². The Morgan fingerprint density at radius 3 is 2.09 bits per heavy atom. The van der Waals surface area contributed by atoms with E-state index in [1.165, 1.54) is 5.57 Å². The van der Waals surface area contributed by atoms with Gasteiger partial charge in [0.25, 0.3) is 0 Å². The summed E-state index contributed by atoms with van der Waals surface area (Å²) >= 11 is 0. The van der Waals surface area contributed by atoms with Gasteiger partial charge in [-0.05, 0) is 112 Å². The Balaban J connectivity index is 1.07. The van der Waals surface area contributed by atoms with Gasteiger partial charge in [-0.3, -0.25) is 0 Å². The molecule has 370 valence electrons. The summed E-state index contributed by atoms with van der Waals surface area (Å²) in [5.74, 6) is 1.72. The number of rotatable bonds is 14. The lowest BCUT2D eigenvalue weighted by molar-refractivity contribution is -0.361. The summed E-state index contributed by atoms with van der Waals surface area (Å²) in [6.45, 7) is 16.3. The van der Waals surface area contributed by atoms with Crippen molar-refractivity contribution in [3.8, 4) is 0 Å². The first-order valence-corrected chi connectivity index (χ1v) is 24.2. The molecule has 3 saturated carbocycles. The molecule has 7 rings (SSSR count). The SMILES string of the molecule is C[C@H](CC[C@@H](O[C@@H]1OC(CO[C@H]2O[C@H](CO)[C@@H](O)[C@H](O)[C@H]2O)C[C@H](O)C1O[C@@H]1OC(CO)C[C@H](O)[C@H]1O)C(C)(C)O)C1CC[C@@]2(C)C3CC=C4C(CC[C@H](O)C4(C)C)[C@]3(C)CC[C@]12C. The van der Waals surface area contributed by atoms with E-state index in [2.05, 4.69) is 47.6 Å². The molecule has 22 atom stereocenters. The number of aliphatic hydroxyl groups is 10. The molecule has 0 bridgehead atoms. The van der Waals surface area contributed by atoms with Crippen LogP contribution in [0, 0.1) is 45.3 Å². The Labute approximate surface area is 379 Å². The second-order valence-electron chi connectivity index (χ2n) is 22.8. The minimum atomic E-state index is -1.66. The number of hydrogen-bond acceptors (Lipinski definition) is 16. The zero-order chi connectivity index (χ0) is 46.9. The van der Waals surface area contributed by atoms with E-state index >= 15 is 0 Å². The van der Waals surface area contributed by atoms with Crippen molar-refractivity contribution in [2.45, 2.75) is 224 Å². The highest BCUT2D eigenvalue weighted by atomic mass is 16.8. The Kier molecular flexibility index (Phi) is 15.2. The van der Waals surface area contributed by atoms with Crippen molar-refractivity contribution in [2.75, 3.05) is 19.8 Å². The first-order chi connectivity index (χ1) is 29.9. The summed E-state index contributed by atoms with van der Waals surface area (Å²) in [6, 6.07) is 0. The molecular weight excluding hydrogens is 833 g/mol. The quantitative estimate of drug-likeness (QED) is 0.112. The molecule has 6 fully saturated rings. The molecular formula is C48H82O16. The molecule has 0 aromatic rings. The van der Waals surface area contributed by atoms with Crippen LogP contribution in [0.25, 0.3) is 0 Å². The average Bonchev–Trinajstić information content (AvgIpc) is 3.52. The molecule has 3 heterocycles. The van der Waals surface area contributed by atoms with Crippen LogP contribution in [0.15, 0.2) is 11.6 Å². The van der Waals surface area contributed by atoms with E-state index < -0.39 is 105 Å². The van der Waals surface area contributed by atoms with Crippen molar-refractivity contribution in [3.63, 3.8) is 0 Å². The standard InChI is InChI=1S/C48H82O16/c1-24(27-15-16-48(8)33-12-10-28-29(11-13-34(53)44(28,2)3)46(33,6)17-18-47(27,48)7)9-14-35(45(4,5)58)63-43-40(64-42-36(54)30(51)19-25(21-49)60-42)31(52)20-26(61-43)23-59-41-39(57)38(56)37(55)32(22-50)62-41/h10,24-27,29-43,49-58H,9,11-23H2,1-8H3/t24-,25?,26?,27?,29?,30+,31+,32-,33?,34+,35-,36-,37-,38+,39-,40?,41+,42+,43+,46+,47-,48+/m1/s1. The molecule has 3 aliphatic heterocycles. The second-order valence-corrected chi connectivity index (χ2v) is 22.8. The van der Waals surface area contributed by atoms with Crippen molar-refractivity contribution < 1.29 is 79.5 Å². The Morgan fingerprint density at radius 1 is 0.734 bits per heavy atom. The molecule has 10 N–H and O–H groups in total. The monoisotopic (exact) mass is 915 g/mol. The van der Waals surface area contributed by atoms with Gasteiger partial charge in [0.05, 0.1) is 62.0 Å². The largest absolute Gasteiger partial charge is 0.394 e. The molecule has 0 radical (unpaired) electrons. The van der Waals surface area contributed by atoms with E-state index in [9.17, 15) is 51.1 Å². The lowest BCUT2D eigenvalue weighted by atomic mass is 9.39. The van der Waals surface area contributed by atoms with Crippen molar-refractivity contribution >= 4 is 0 Å². The minimum Gasteiger partial charge on any atom is -0.394 e. The average molecular weight is 915 g/mol. The number of hydrogen-bond donors (Lipinski definition) is 10. The van der Waals surface area contributed by atoms with Gasteiger partial charge >= 0.3 is 0 Å². The third-order valence-electron chi connectivity index (χ3n) is 18.3. The van der Waals surface area contributed by atoms with E-state index in [4.69, 9.17) is 28.4 Å². The highest BCUT2D eigenvalue weighted by Crippen LogP contribution is 2.75. The van der Waals surface area contributed by atoms with Gasteiger partial charge in [0.1, 0.15) is 36.6 Å². The van der Waals surface area contributed by atoms with Gasteiger partial charge in [-0.1, -0.05) is 53.2 Å². The van der Waals surface area contributed by atoms with Gasteiger partial charge in [-0.2, -0.15) is 0 Å². The molecule has 0 aromatic heterocycles.